The highest BCUT2D eigenvalue weighted by atomic mass is 16.3. The van der Waals surface area contributed by atoms with Crippen LogP contribution < -0.4 is 5.32 Å². The third kappa shape index (κ3) is 5.80. The Balaban J connectivity index is 1.44. The molecule has 1 saturated heterocycles. The van der Waals surface area contributed by atoms with Gasteiger partial charge in [-0.3, -0.25) is 4.79 Å². The Bertz CT molecular complexity index is 282. The molecule has 1 aliphatic heterocycles. The van der Waals surface area contributed by atoms with Gasteiger partial charge in [-0.05, 0) is 38.1 Å². The average molecular weight is 282 g/mol. The van der Waals surface area contributed by atoms with Crippen LogP contribution in [0.25, 0.3) is 0 Å². The minimum absolute atomic E-state index is 0.0958. The molecule has 0 aromatic rings. The zero-order valence-corrected chi connectivity index (χ0v) is 12.6. The molecule has 20 heavy (non-hydrogen) atoms. The lowest BCUT2D eigenvalue weighted by atomic mass is 10.0. The van der Waals surface area contributed by atoms with E-state index in [1.807, 2.05) is 0 Å². The van der Waals surface area contributed by atoms with E-state index in [-0.39, 0.29) is 12.0 Å². The lowest BCUT2D eigenvalue weighted by Gasteiger charge is -2.29. The number of carbonyl (C=O) groups is 1. The van der Waals surface area contributed by atoms with Crippen LogP contribution in [0.4, 0.5) is 0 Å². The maximum Gasteiger partial charge on any atom is 0.220 e. The first-order valence-electron chi connectivity index (χ1n) is 8.41. The molecule has 1 amide bonds. The van der Waals surface area contributed by atoms with Crippen molar-refractivity contribution in [2.24, 2.45) is 5.92 Å². The van der Waals surface area contributed by atoms with Crippen molar-refractivity contribution in [2.75, 3.05) is 26.2 Å². The molecular weight excluding hydrogens is 252 g/mol. The van der Waals surface area contributed by atoms with Gasteiger partial charge in [0.05, 0.1) is 6.10 Å². The fraction of sp³-hybridized carbons (Fsp3) is 0.938. The largest absolute Gasteiger partial charge is 0.393 e. The van der Waals surface area contributed by atoms with Crippen molar-refractivity contribution in [3.05, 3.63) is 0 Å². The third-order valence-electron chi connectivity index (χ3n) is 4.78. The number of nitrogens with one attached hydrogen (secondary N) is 1. The monoisotopic (exact) mass is 282 g/mol. The Morgan fingerprint density at radius 1 is 1.15 bits per heavy atom. The number of aliphatic hydroxyl groups is 1. The van der Waals surface area contributed by atoms with Crippen molar-refractivity contribution in [3.63, 3.8) is 0 Å². The van der Waals surface area contributed by atoms with Gasteiger partial charge >= 0.3 is 0 Å². The van der Waals surface area contributed by atoms with Crippen LogP contribution in [0.5, 0.6) is 0 Å². The predicted octanol–water partition coefficient (Wildman–Crippen LogP) is 1.92. The van der Waals surface area contributed by atoms with Gasteiger partial charge in [0.1, 0.15) is 0 Å². The van der Waals surface area contributed by atoms with Crippen LogP contribution in [-0.2, 0) is 4.79 Å². The quantitative estimate of drug-likeness (QED) is 0.702. The summed E-state index contributed by atoms with van der Waals surface area (Å²) in [6.07, 6.45) is 9.88. The van der Waals surface area contributed by atoms with Crippen molar-refractivity contribution in [2.45, 2.75) is 63.9 Å². The Labute approximate surface area is 122 Å². The lowest BCUT2D eigenvalue weighted by molar-refractivity contribution is -0.121. The molecular formula is C16H30N2O2. The molecule has 0 radical (unpaired) electrons. The molecule has 2 rings (SSSR count). The molecule has 0 unspecified atom stereocenters. The zero-order valence-electron chi connectivity index (χ0n) is 12.6. The second-order valence-electron chi connectivity index (χ2n) is 6.47. The first-order valence-corrected chi connectivity index (χ1v) is 8.41. The fourth-order valence-electron chi connectivity index (χ4n) is 3.40. The molecule has 0 aromatic carbocycles. The molecule has 4 nitrogen and oxygen atoms in total. The minimum atomic E-state index is -0.0958. The SMILES string of the molecule is O=C(CCC1CCCC1)NCCCN1CCC(O)CC1. The minimum Gasteiger partial charge on any atom is -0.393 e. The van der Waals surface area contributed by atoms with E-state index in [4.69, 9.17) is 0 Å². The first-order chi connectivity index (χ1) is 9.74. The summed E-state index contributed by atoms with van der Waals surface area (Å²) >= 11 is 0. The average Bonchev–Trinajstić information content (AvgIpc) is 2.96. The standard InChI is InChI=1S/C16H30N2O2/c19-15-8-12-18(13-9-15)11-3-10-17-16(20)7-6-14-4-1-2-5-14/h14-15,19H,1-13H2,(H,17,20). The summed E-state index contributed by atoms with van der Waals surface area (Å²) in [6.45, 7) is 3.83. The van der Waals surface area contributed by atoms with Crippen molar-refractivity contribution in [3.8, 4) is 0 Å². The molecule has 0 atom stereocenters. The molecule has 0 spiro atoms. The Morgan fingerprint density at radius 2 is 1.85 bits per heavy atom. The van der Waals surface area contributed by atoms with Gasteiger partial charge in [0.25, 0.3) is 0 Å². The maximum absolute atomic E-state index is 11.7. The Hall–Kier alpha value is -0.610. The summed E-state index contributed by atoms with van der Waals surface area (Å²) in [5, 5.41) is 12.5. The summed E-state index contributed by atoms with van der Waals surface area (Å²) in [4.78, 5) is 14.1. The van der Waals surface area contributed by atoms with Crippen LogP contribution in [0.2, 0.25) is 0 Å². The van der Waals surface area contributed by atoms with E-state index in [1.54, 1.807) is 0 Å². The highest BCUT2D eigenvalue weighted by Gasteiger charge is 2.17. The molecule has 1 aliphatic carbocycles. The maximum atomic E-state index is 11.7. The molecule has 1 heterocycles. The molecule has 116 valence electrons. The van der Waals surface area contributed by atoms with E-state index < -0.39 is 0 Å². The number of piperidine rings is 1. The van der Waals surface area contributed by atoms with Crippen LogP contribution in [0.1, 0.15) is 57.8 Å². The molecule has 2 aliphatic rings. The second-order valence-corrected chi connectivity index (χ2v) is 6.47. The number of hydrogen-bond donors (Lipinski definition) is 2. The van der Waals surface area contributed by atoms with Gasteiger partial charge in [-0.1, -0.05) is 25.7 Å². The summed E-state index contributed by atoms with van der Waals surface area (Å²) in [5.41, 5.74) is 0. The Morgan fingerprint density at radius 3 is 2.55 bits per heavy atom. The number of rotatable bonds is 7. The lowest BCUT2D eigenvalue weighted by Crippen LogP contribution is -2.37. The highest BCUT2D eigenvalue weighted by molar-refractivity contribution is 5.75. The number of nitrogens with zero attached hydrogens (tertiary/aromatic N) is 1. The van der Waals surface area contributed by atoms with Gasteiger partial charge in [-0.2, -0.15) is 0 Å². The van der Waals surface area contributed by atoms with Gasteiger partial charge in [-0.25, -0.2) is 0 Å². The fourth-order valence-corrected chi connectivity index (χ4v) is 3.40. The van der Waals surface area contributed by atoms with Gasteiger partial charge in [-0.15, -0.1) is 0 Å². The topological polar surface area (TPSA) is 52.6 Å². The molecule has 2 N–H and O–H groups in total. The van der Waals surface area contributed by atoms with Gasteiger partial charge in [0, 0.05) is 26.1 Å². The van der Waals surface area contributed by atoms with Gasteiger partial charge in [0.2, 0.25) is 5.91 Å². The van der Waals surface area contributed by atoms with E-state index >= 15 is 0 Å². The first kappa shape index (κ1) is 15.8. The number of likely N-dealkylation sites (tertiary alicyclic amines) is 1. The third-order valence-corrected chi connectivity index (χ3v) is 4.78. The van der Waals surface area contributed by atoms with Gasteiger partial charge in [0.15, 0.2) is 0 Å². The summed E-state index contributed by atoms with van der Waals surface area (Å²) < 4.78 is 0. The van der Waals surface area contributed by atoms with Gasteiger partial charge < -0.3 is 15.3 Å². The molecule has 0 bridgehead atoms. The van der Waals surface area contributed by atoms with E-state index in [1.165, 1.54) is 25.7 Å². The molecule has 2 fully saturated rings. The molecule has 0 aromatic heterocycles. The normalized spacial score (nSPS) is 22.2. The van der Waals surface area contributed by atoms with Crippen LogP contribution >= 0.6 is 0 Å². The molecule has 1 saturated carbocycles. The van der Waals surface area contributed by atoms with E-state index in [9.17, 15) is 9.90 Å². The summed E-state index contributed by atoms with van der Waals surface area (Å²) in [5.74, 6) is 1.03. The number of carbonyl (C=O) groups excluding carboxylic acids is 1. The summed E-state index contributed by atoms with van der Waals surface area (Å²) in [6, 6.07) is 0. The van der Waals surface area contributed by atoms with E-state index in [0.717, 1.165) is 57.8 Å². The number of amides is 1. The highest BCUT2D eigenvalue weighted by Crippen LogP contribution is 2.28. The van der Waals surface area contributed by atoms with Crippen LogP contribution in [0.3, 0.4) is 0 Å². The van der Waals surface area contributed by atoms with Crippen LogP contribution in [0, 0.1) is 5.92 Å². The summed E-state index contributed by atoms with van der Waals surface area (Å²) in [7, 11) is 0. The van der Waals surface area contributed by atoms with Crippen molar-refractivity contribution >= 4 is 5.91 Å². The van der Waals surface area contributed by atoms with Crippen LogP contribution in [0.15, 0.2) is 0 Å². The Kier molecular flexibility index (Phi) is 6.80. The molecule has 4 heteroatoms. The van der Waals surface area contributed by atoms with E-state index in [0.29, 0.717) is 6.42 Å². The number of hydrogen-bond acceptors (Lipinski definition) is 3. The zero-order chi connectivity index (χ0) is 14.2. The predicted molar refractivity (Wildman–Crippen MR) is 80.5 cm³/mol. The number of aliphatic hydroxyl groups excluding tert-OH is 1. The van der Waals surface area contributed by atoms with Crippen molar-refractivity contribution < 1.29 is 9.90 Å². The smallest absolute Gasteiger partial charge is 0.220 e. The van der Waals surface area contributed by atoms with Crippen molar-refractivity contribution in [1.82, 2.24) is 10.2 Å². The van der Waals surface area contributed by atoms with Crippen molar-refractivity contribution in [1.29, 1.82) is 0 Å². The van der Waals surface area contributed by atoms with E-state index in [2.05, 4.69) is 10.2 Å². The second kappa shape index (κ2) is 8.63. The van der Waals surface area contributed by atoms with Crippen LogP contribution in [-0.4, -0.2) is 48.2 Å².